The molecule has 1 aliphatic rings. The number of aliphatic hydroxyl groups is 1. The van der Waals surface area contributed by atoms with Crippen LogP contribution in [0.2, 0.25) is 0 Å². The molecule has 0 aromatic rings. The molecule has 1 N–H and O–H groups in total. The predicted octanol–water partition coefficient (Wildman–Crippen LogP) is -0.566. The van der Waals surface area contributed by atoms with Gasteiger partial charge in [0.1, 0.15) is 5.76 Å². The zero-order valence-corrected chi connectivity index (χ0v) is 5.53. The first-order valence-corrected chi connectivity index (χ1v) is 2.85. The molecule has 0 unspecified atom stereocenters. The minimum atomic E-state index is -0.600. The van der Waals surface area contributed by atoms with Crippen LogP contribution in [0.3, 0.4) is 0 Å². The number of carbonyl (C=O) groups excluding carboxylic acids is 1. The van der Waals surface area contributed by atoms with Gasteiger partial charge in [-0.3, -0.25) is 0 Å². The molecule has 0 saturated heterocycles. The van der Waals surface area contributed by atoms with Crippen LogP contribution in [0.25, 0.3) is 0 Å². The summed E-state index contributed by atoms with van der Waals surface area (Å²) in [6.45, 7) is -0.231. The van der Waals surface area contributed by atoms with Gasteiger partial charge in [0.25, 0.3) is 0 Å². The van der Waals surface area contributed by atoms with Gasteiger partial charge < -0.3 is 14.6 Å². The molecule has 1 rings (SSSR count). The van der Waals surface area contributed by atoms with E-state index in [0.29, 0.717) is 5.76 Å². The highest BCUT2D eigenvalue weighted by Crippen LogP contribution is 2.14. The first-order chi connectivity index (χ1) is 4.77. The lowest BCUT2D eigenvalue weighted by molar-refractivity contribution is -0.140. The van der Waals surface area contributed by atoms with Gasteiger partial charge >= 0.3 is 5.97 Å². The van der Waals surface area contributed by atoms with E-state index in [4.69, 9.17) is 9.84 Å². The zero-order chi connectivity index (χ0) is 7.56. The Labute approximate surface area is 58.1 Å². The number of hydrogen-bond acceptors (Lipinski definition) is 4. The zero-order valence-electron chi connectivity index (χ0n) is 5.53. The second-order valence-electron chi connectivity index (χ2n) is 1.86. The Morgan fingerprint density at radius 2 is 2.60 bits per heavy atom. The van der Waals surface area contributed by atoms with Crippen LogP contribution in [-0.2, 0) is 14.3 Å². The van der Waals surface area contributed by atoms with E-state index < -0.39 is 12.1 Å². The highest BCUT2D eigenvalue weighted by atomic mass is 16.6. The van der Waals surface area contributed by atoms with E-state index in [2.05, 4.69) is 4.74 Å². The monoisotopic (exact) mass is 144 g/mol. The molecule has 1 heterocycles. The van der Waals surface area contributed by atoms with Gasteiger partial charge in [0, 0.05) is 0 Å². The fourth-order valence-corrected chi connectivity index (χ4v) is 0.759. The standard InChI is InChI=1S/C6H8O4/c1-9-4-2-6(8)10-5(4)3-7/h2,5,7H,3H2,1H3/t5-/m0/s1. The van der Waals surface area contributed by atoms with Gasteiger partial charge in [0.2, 0.25) is 0 Å². The van der Waals surface area contributed by atoms with Crippen LogP contribution in [0.5, 0.6) is 0 Å². The molecule has 0 fully saturated rings. The average molecular weight is 144 g/mol. The van der Waals surface area contributed by atoms with Crippen molar-refractivity contribution in [1.82, 2.24) is 0 Å². The quantitative estimate of drug-likeness (QED) is 0.527. The fourth-order valence-electron chi connectivity index (χ4n) is 0.759. The Balaban J connectivity index is 2.65. The molecule has 4 nitrogen and oxygen atoms in total. The highest BCUT2D eigenvalue weighted by Gasteiger charge is 2.25. The topological polar surface area (TPSA) is 55.8 Å². The van der Waals surface area contributed by atoms with Gasteiger partial charge in [-0.15, -0.1) is 0 Å². The maximum Gasteiger partial charge on any atom is 0.335 e. The minimum Gasteiger partial charge on any atom is -0.497 e. The third kappa shape index (κ3) is 1.11. The normalized spacial score (nSPS) is 24.0. The summed E-state index contributed by atoms with van der Waals surface area (Å²) in [5.41, 5.74) is 0. The van der Waals surface area contributed by atoms with Gasteiger partial charge in [0.15, 0.2) is 6.10 Å². The van der Waals surface area contributed by atoms with Crippen molar-refractivity contribution in [2.45, 2.75) is 6.10 Å². The molecular formula is C6H8O4. The lowest BCUT2D eigenvalue weighted by atomic mass is 10.3. The number of methoxy groups -OCH3 is 1. The summed E-state index contributed by atoms with van der Waals surface area (Å²) in [4.78, 5) is 10.5. The number of carbonyl (C=O) groups is 1. The van der Waals surface area contributed by atoms with E-state index in [1.165, 1.54) is 13.2 Å². The molecule has 0 radical (unpaired) electrons. The maximum atomic E-state index is 10.5. The van der Waals surface area contributed by atoms with Crippen molar-refractivity contribution < 1.29 is 19.4 Å². The summed E-state index contributed by atoms with van der Waals surface area (Å²) in [7, 11) is 1.43. The van der Waals surface area contributed by atoms with Crippen molar-refractivity contribution in [2.75, 3.05) is 13.7 Å². The van der Waals surface area contributed by atoms with E-state index in [-0.39, 0.29) is 6.61 Å². The molecule has 0 bridgehead atoms. The van der Waals surface area contributed by atoms with Crippen LogP contribution in [0.1, 0.15) is 0 Å². The summed E-state index contributed by atoms with van der Waals surface area (Å²) in [5.74, 6) is -0.0802. The van der Waals surface area contributed by atoms with E-state index in [1.54, 1.807) is 0 Å². The molecule has 56 valence electrons. The minimum absolute atomic E-state index is 0.231. The number of cyclic esters (lactones) is 1. The Morgan fingerprint density at radius 1 is 1.90 bits per heavy atom. The van der Waals surface area contributed by atoms with E-state index in [1.807, 2.05) is 0 Å². The number of hydrogen-bond donors (Lipinski definition) is 1. The van der Waals surface area contributed by atoms with Gasteiger partial charge in [0.05, 0.1) is 19.8 Å². The molecule has 0 amide bonds. The number of ether oxygens (including phenoxy) is 2. The summed E-state index contributed by atoms with van der Waals surface area (Å²) in [6.07, 6.45) is 0.624. The summed E-state index contributed by atoms with van der Waals surface area (Å²) in [6, 6.07) is 0. The lowest BCUT2D eigenvalue weighted by Crippen LogP contribution is -2.17. The smallest absolute Gasteiger partial charge is 0.335 e. The molecule has 4 heteroatoms. The van der Waals surface area contributed by atoms with Crippen molar-refractivity contribution in [3.05, 3.63) is 11.8 Å². The van der Waals surface area contributed by atoms with E-state index in [9.17, 15) is 4.79 Å². The Hall–Kier alpha value is -1.03. The molecule has 0 saturated carbocycles. The molecule has 10 heavy (non-hydrogen) atoms. The second-order valence-corrected chi connectivity index (χ2v) is 1.86. The molecule has 1 atom stereocenters. The SMILES string of the molecule is COC1=CC(=O)O[C@H]1CO. The third-order valence-electron chi connectivity index (χ3n) is 1.24. The first-order valence-electron chi connectivity index (χ1n) is 2.85. The van der Waals surface area contributed by atoms with Crippen molar-refractivity contribution in [3.8, 4) is 0 Å². The molecular weight excluding hydrogens is 136 g/mol. The van der Waals surface area contributed by atoms with Crippen molar-refractivity contribution in [3.63, 3.8) is 0 Å². The Morgan fingerprint density at radius 3 is 3.00 bits per heavy atom. The third-order valence-corrected chi connectivity index (χ3v) is 1.24. The van der Waals surface area contributed by atoms with Crippen LogP contribution in [0, 0.1) is 0 Å². The highest BCUT2D eigenvalue weighted by molar-refractivity contribution is 5.85. The molecule has 1 aliphatic heterocycles. The summed E-state index contributed by atoms with van der Waals surface area (Å²) >= 11 is 0. The molecule has 0 spiro atoms. The van der Waals surface area contributed by atoms with Gasteiger partial charge in [-0.2, -0.15) is 0 Å². The Kier molecular flexibility index (Phi) is 1.91. The van der Waals surface area contributed by atoms with E-state index >= 15 is 0 Å². The van der Waals surface area contributed by atoms with Crippen LogP contribution in [-0.4, -0.2) is 30.9 Å². The Bertz CT molecular complexity index is 173. The molecule has 0 aromatic carbocycles. The van der Waals surface area contributed by atoms with Crippen LogP contribution < -0.4 is 0 Å². The first kappa shape index (κ1) is 7.08. The summed E-state index contributed by atoms with van der Waals surface area (Å²) < 4.78 is 9.35. The van der Waals surface area contributed by atoms with Crippen molar-refractivity contribution in [1.29, 1.82) is 0 Å². The summed E-state index contributed by atoms with van der Waals surface area (Å²) in [5, 5.41) is 8.59. The van der Waals surface area contributed by atoms with Crippen molar-refractivity contribution >= 4 is 5.97 Å². The van der Waals surface area contributed by atoms with Crippen LogP contribution in [0.15, 0.2) is 11.8 Å². The average Bonchev–Trinajstić information content (AvgIpc) is 2.30. The number of esters is 1. The number of rotatable bonds is 2. The predicted molar refractivity (Wildman–Crippen MR) is 32.1 cm³/mol. The largest absolute Gasteiger partial charge is 0.497 e. The van der Waals surface area contributed by atoms with E-state index in [0.717, 1.165) is 0 Å². The van der Waals surface area contributed by atoms with Gasteiger partial charge in [-0.05, 0) is 0 Å². The fraction of sp³-hybridized carbons (Fsp3) is 0.500. The lowest BCUT2D eigenvalue weighted by Gasteiger charge is -2.08. The van der Waals surface area contributed by atoms with Crippen LogP contribution >= 0.6 is 0 Å². The molecule has 0 aliphatic carbocycles. The number of aliphatic hydroxyl groups excluding tert-OH is 1. The second kappa shape index (κ2) is 2.70. The van der Waals surface area contributed by atoms with Gasteiger partial charge in [-0.25, -0.2) is 4.79 Å². The van der Waals surface area contributed by atoms with Crippen molar-refractivity contribution in [2.24, 2.45) is 0 Å². The van der Waals surface area contributed by atoms with Crippen LogP contribution in [0.4, 0.5) is 0 Å². The molecule has 0 aromatic heterocycles. The maximum absolute atomic E-state index is 10.5. The van der Waals surface area contributed by atoms with Gasteiger partial charge in [-0.1, -0.05) is 0 Å².